The number of hydrogen-bond acceptors (Lipinski definition) is 5. The Kier molecular flexibility index (Phi) is 4.42. The van der Waals surface area contributed by atoms with Crippen molar-refractivity contribution in [2.75, 3.05) is 11.9 Å². The summed E-state index contributed by atoms with van der Waals surface area (Å²) in [6.45, 7) is 7.24. The molecule has 102 valence electrons. The summed E-state index contributed by atoms with van der Waals surface area (Å²) in [4.78, 5) is 9.85. The summed E-state index contributed by atoms with van der Waals surface area (Å²) < 4.78 is 1.80. The number of rotatable bonds is 5. The van der Waals surface area contributed by atoms with Gasteiger partial charge in [0.25, 0.3) is 0 Å². The number of aryl methyl sites for hydroxylation is 1. The van der Waals surface area contributed by atoms with E-state index in [-0.39, 0.29) is 0 Å². The molecule has 0 amide bonds. The van der Waals surface area contributed by atoms with E-state index in [9.17, 15) is 0 Å². The molecule has 6 heteroatoms. The minimum absolute atomic E-state index is 0.370. The van der Waals surface area contributed by atoms with Crippen molar-refractivity contribution in [1.29, 1.82) is 0 Å². The van der Waals surface area contributed by atoms with Crippen molar-refractivity contribution in [3.63, 3.8) is 0 Å². The van der Waals surface area contributed by atoms with Crippen LogP contribution in [0.1, 0.15) is 32.3 Å². The van der Waals surface area contributed by atoms with E-state index in [1.54, 1.807) is 22.8 Å². The Labute approximate surface area is 117 Å². The highest BCUT2D eigenvalue weighted by Crippen LogP contribution is 2.35. The maximum atomic E-state index is 4.42. The van der Waals surface area contributed by atoms with E-state index in [1.807, 2.05) is 19.4 Å². The first-order valence-corrected chi connectivity index (χ1v) is 7.18. The lowest BCUT2D eigenvalue weighted by Gasteiger charge is -2.15. The zero-order valence-electron chi connectivity index (χ0n) is 11.7. The molecule has 1 N–H and O–H groups in total. The lowest BCUT2D eigenvalue weighted by atomic mass is 10.1. The van der Waals surface area contributed by atoms with Gasteiger partial charge in [0.1, 0.15) is 17.2 Å². The third kappa shape index (κ3) is 3.26. The summed E-state index contributed by atoms with van der Waals surface area (Å²) in [7, 11) is 1.91. The van der Waals surface area contributed by atoms with Gasteiger partial charge in [-0.1, -0.05) is 25.6 Å². The molecule has 0 atom stereocenters. The van der Waals surface area contributed by atoms with Crippen LogP contribution in [0.4, 0.5) is 5.82 Å². The SMILES string of the molecule is CCNc1ncnc(Sc2cnn(C)c2)c1C(C)C. The largest absolute Gasteiger partial charge is 0.370 e. The van der Waals surface area contributed by atoms with Gasteiger partial charge in [-0.2, -0.15) is 5.10 Å². The van der Waals surface area contributed by atoms with Gasteiger partial charge in [0.2, 0.25) is 0 Å². The predicted octanol–water partition coefficient (Wildman–Crippen LogP) is 2.92. The fourth-order valence-corrected chi connectivity index (χ4v) is 2.92. The smallest absolute Gasteiger partial charge is 0.133 e. The molecule has 2 heterocycles. The van der Waals surface area contributed by atoms with Gasteiger partial charge in [-0.3, -0.25) is 4.68 Å². The number of nitrogens with one attached hydrogen (secondary N) is 1. The van der Waals surface area contributed by atoms with Gasteiger partial charge in [0, 0.05) is 25.4 Å². The van der Waals surface area contributed by atoms with E-state index >= 15 is 0 Å². The second-order valence-corrected chi connectivity index (χ2v) is 5.64. The van der Waals surface area contributed by atoms with Crippen molar-refractivity contribution >= 4 is 17.6 Å². The van der Waals surface area contributed by atoms with Crippen molar-refractivity contribution < 1.29 is 0 Å². The lowest BCUT2D eigenvalue weighted by Crippen LogP contribution is -2.07. The molecule has 2 aromatic rings. The fourth-order valence-electron chi connectivity index (χ4n) is 1.85. The molecule has 0 radical (unpaired) electrons. The molecule has 2 rings (SSSR count). The Bertz CT molecular complexity index is 550. The van der Waals surface area contributed by atoms with Crippen LogP contribution in [0.25, 0.3) is 0 Å². The van der Waals surface area contributed by atoms with Gasteiger partial charge in [-0.25, -0.2) is 9.97 Å². The van der Waals surface area contributed by atoms with E-state index in [4.69, 9.17) is 0 Å². The summed E-state index contributed by atoms with van der Waals surface area (Å²) in [6, 6.07) is 0. The van der Waals surface area contributed by atoms with Crippen LogP contribution in [0, 0.1) is 0 Å². The van der Waals surface area contributed by atoms with Gasteiger partial charge in [0.15, 0.2) is 0 Å². The summed E-state index contributed by atoms with van der Waals surface area (Å²) in [5.41, 5.74) is 1.17. The predicted molar refractivity (Wildman–Crippen MR) is 77.6 cm³/mol. The van der Waals surface area contributed by atoms with Crippen LogP contribution in [-0.2, 0) is 7.05 Å². The maximum absolute atomic E-state index is 4.42. The Balaban J connectivity index is 2.35. The average Bonchev–Trinajstić information content (AvgIpc) is 2.75. The fraction of sp³-hybridized carbons (Fsp3) is 0.462. The molecule has 0 bridgehead atoms. The highest BCUT2D eigenvalue weighted by molar-refractivity contribution is 7.99. The summed E-state index contributed by atoms with van der Waals surface area (Å²) in [5, 5.41) is 8.48. The van der Waals surface area contributed by atoms with E-state index in [2.05, 4.69) is 41.2 Å². The van der Waals surface area contributed by atoms with Crippen molar-refractivity contribution in [1.82, 2.24) is 19.7 Å². The monoisotopic (exact) mass is 277 g/mol. The molecule has 0 saturated carbocycles. The van der Waals surface area contributed by atoms with Crippen molar-refractivity contribution in [2.24, 2.45) is 7.05 Å². The van der Waals surface area contributed by atoms with E-state index < -0.39 is 0 Å². The molecular formula is C13H19N5S. The third-order valence-electron chi connectivity index (χ3n) is 2.66. The van der Waals surface area contributed by atoms with Crippen LogP contribution in [-0.4, -0.2) is 26.3 Å². The number of hydrogen-bond donors (Lipinski definition) is 1. The molecule has 0 aliphatic heterocycles. The Morgan fingerprint density at radius 1 is 1.37 bits per heavy atom. The molecular weight excluding hydrogens is 258 g/mol. The maximum Gasteiger partial charge on any atom is 0.133 e. The number of anilines is 1. The van der Waals surface area contributed by atoms with Crippen molar-refractivity contribution in [3.8, 4) is 0 Å². The molecule has 0 saturated heterocycles. The highest BCUT2D eigenvalue weighted by Gasteiger charge is 2.16. The van der Waals surface area contributed by atoms with Crippen LogP contribution in [0.3, 0.4) is 0 Å². The van der Waals surface area contributed by atoms with Crippen LogP contribution in [0.5, 0.6) is 0 Å². The molecule has 0 aromatic carbocycles. The van der Waals surface area contributed by atoms with Gasteiger partial charge in [-0.15, -0.1) is 0 Å². The standard InChI is InChI=1S/C13H19N5S/c1-5-14-12-11(9(2)3)13(16-8-15-12)19-10-6-17-18(4)7-10/h6-9H,5H2,1-4H3,(H,14,15,16). The summed E-state index contributed by atoms with van der Waals surface area (Å²) in [6.07, 6.45) is 5.45. The highest BCUT2D eigenvalue weighted by atomic mass is 32.2. The van der Waals surface area contributed by atoms with E-state index in [0.717, 1.165) is 22.3 Å². The molecule has 19 heavy (non-hydrogen) atoms. The topological polar surface area (TPSA) is 55.6 Å². The molecule has 0 aliphatic rings. The number of aromatic nitrogens is 4. The first-order valence-electron chi connectivity index (χ1n) is 6.37. The second-order valence-electron chi connectivity index (χ2n) is 4.58. The van der Waals surface area contributed by atoms with E-state index in [1.165, 1.54) is 5.56 Å². The van der Waals surface area contributed by atoms with Crippen LogP contribution in [0.15, 0.2) is 28.6 Å². The Morgan fingerprint density at radius 2 is 2.16 bits per heavy atom. The quantitative estimate of drug-likeness (QED) is 0.852. The van der Waals surface area contributed by atoms with Gasteiger partial charge >= 0.3 is 0 Å². The molecule has 0 fully saturated rings. The van der Waals surface area contributed by atoms with Gasteiger partial charge < -0.3 is 5.32 Å². The summed E-state index contributed by atoms with van der Waals surface area (Å²) in [5.74, 6) is 1.30. The average molecular weight is 277 g/mol. The third-order valence-corrected chi connectivity index (χ3v) is 3.63. The Morgan fingerprint density at radius 3 is 2.74 bits per heavy atom. The number of nitrogens with zero attached hydrogens (tertiary/aromatic N) is 4. The van der Waals surface area contributed by atoms with Crippen molar-refractivity contribution in [3.05, 3.63) is 24.3 Å². The molecule has 2 aromatic heterocycles. The van der Waals surface area contributed by atoms with Gasteiger partial charge in [-0.05, 0) is 12.8 Å². The van der Waals surface area contributed by atoms with E-state index in [0.29, 0.717) is 5.92 Å². The van der Waals surface area contributed by atoms with Crippen LogP contribution < -0.4 is 5.32 Å². The second kappa shape index (κ2) is 6.06. The Hall–Kier alpha value is -1.56. The zero-order chi connectivity index (χ0) is 13.8. The van der Waals surface area contributed by atoms with Crippen molar-refractivity contribution in [2.45, 2.75) is 36.6 Å². The van der Waals surface area contributed by atoms with Crippen LogP contribution in [0.2, 0.25) is 0 Å². The molecule has 0 unspecified atom stereocenters. The molecule has 5 nitrogen and oxygen atoms in total. The molecule has 0 aliphatic carbocycles. The molecule has 0 spiro atoms. The summed E-state index contributed by atoms with van der Waals surface area (Å²) >= 11 is 1.63. The zero-order valence-corrected chi connectivity index (χ0v) is 12.5. The minimum atomic E-state index is 0.370. The first-order chi connectivity index (χ1) is 9.11. The minimum Gasteiger partial charge on any atom is -0.370 e. The van der Waals surface area contributed by atoms with Gasteiger partial charge in [0.05, 0.1) is 11.1 Å². The van der Waals surface area contributed by atoms with Crippen LogP contribution >= 0.6 is 11.8 Å². The normalized spacial score (nSPS) is 11.0. The lowest BCUT2D eigenvalue weighted by molar-refractivity contribution is 0.766. The first kappa shape index (κ1) is 13.9.